The Kier molecular flexibility index (Phi) is 3.58. The van der Waals surface area contributed by atoms with Crippen LogP contribution in [0.3, 0.4) is 0 Å². The Balaban J connectivity index is 3.56. The second kappa shape index (κ2) is 3.71. The Morgan fingerprint density at radius 3 is 2.30 bits per heavy atom. The standard InChI is InChI=1S/C8H17NO/c1-7(2)9-5-8(3,4)6-10/h6-7,9H,5H2,1-4H3. The molecule has 0 spiro atoms. The molecule has 0 aliphatic rings. The highest BCUT2D eigenvalue weighted by molar-refractivity contribution is 5.58. The molecule has 0 bridgehead atoms. The van der Waals surface area contributed by atoms with Gasteiger partial charge in [0.2, 0.25) is 0 Å². The molecule has 0 rings (SSSR count). The van der Waals surface area contributed by atoms with Crippen LogP contribution in [0.25, 0.3) is 0 Å². The lowest BCUT2D eigenvalue weighted by atomic mass is 9.96. The third-order valence-corrected chi connectivity index (χ3v) is 1.28. The van der Waals surface area contributed by atoms with Gasteiger partial charge in [0.15, 0.2) is 0 Å². The zero-order chi connectivity index (χ0) is 8.20. The molecule has 0 aromatic heterocycles. The minimum absolute atomic E-state index is 0.218. The van der Waals surface area contributed by atoms with Gasteiger partial charge in [0.25, 0.3) is 0 Å². The van der Waals surface area contributed by atoms with Crippen LogP contribution >= 0.6 is 0 Å². The molecule has 0 aromatic rings. The summed E-state index contributed by atoms with van der Waals surface area (Å²) in [5, 5.41) is 3.21. The molecule has 0 saturated heterocycles. The second-order valence-corrected chi connectivity index (χ2v) is 3.64. The molecule has 0 fully saturated rings. The number of hydrogen-bond donors (Lipinski definition) is 1. The number of rotatable bonds is 4. The molecule has 0 aromatic carbocycles. The monoisotopic (exact) mass is 143 g/mol. The molecule has 10 heavy (non-hydrogen) atoms. The van der Waals surface area contributed by atoms with E-state index >= 15 is 0 Å². The maximum absolute atomic E-state index is 10.4. The van der Waals surface area contributed by atoms with Crippen molar-refractivity contribution in [3.8, 4) is 0 Å². The Morgan fingerprint density at radius 2 is 2.00 bits per heavy atom. The fourth-order valence-corrected chi connectivity index (χ4v) is 0.509. The summed E-state index contributed by atoms with van der Waals surface area (Å²) in [5.74, 6) is 0. The van der Waals surface area contributed by atoms with E-state index in [0.29, 0.717) is 6.04 Å². The normalized spacial score (nSPS) is 12.1. The minimum Gasteiger partial charge on any atom is -0.314 e. The van der Waals surface area contributed by atoms with E-state index in [1.54, 1.807) is 0 Å². The smallest absolute Gasteiger partial charge is 0.126 e. The van der Waals surface area contributed by atoms with Gasteiger partial charge in [-0.05, 0) is 0 Å². The summed E-state index contributed by atoms with van der Waals surface area (Å²) in [7, 11) is 0. The Morgan fingerprint density at radius 1 is 1.50 bits per heavy atom. The van der Waals surface area contributed by atoms with Crippen molar-refractivity contribution in [2.75, 3.05) is 6.54 Å². The predicted octanol–water partition coefficient (Wildman–Crippen LogP) is 1.21. The fourth-order valence-electron chi connectivity index (χ4n) is 0.509. The van der Waals surface area contributed by atoms with Crippen molar-refractivity contribution < 1.29 is 4.79 Å². The number of carbonyl (C=O) groups is 1. The van der Waals surface area contributed by atoms with Crippen LogP contribution in [0.2, 0.25) is 0 Å². The highest BCUT2D eigenvalue weighted by atomic mass is 16.1. The van der Waals surface area contributed by atoms with Gasteiger partial charge < -0.3 is 10.1 Å². The average molecular weight is 143 g/mol. The van der Waals surface area contributed by atoms with Gasteiger partial charge in [0, 0.05) is 18.0 Å². The third-order valence-electron chi connectivity index (χ3n) is 1.28. The molecule has 0 aliphatic heterocycles. The lowest BCUT2D eigenvalue weighted by molar-refractivity contribution is -0.114. The van der Waals surface area contributed by atoms with E-state index in [9.17, 15) is 4.79 Å². The molecule has 0 aliphatic carbocycles. The molecule has 0 unspecified atom stereocenters. The van der Waals surface area contributed by atoms with Gasteiger partial charge in [0.05, 0.1) is 0 Å². The van der Waals surface area contributed by atoms with Gasteiger partial charge in [0.1, 0.15) is 6.29 Å². The first-order valence-corrected chi connectivity index (χ1v) is 3.67. The molecule has 60 valence electrons. The fraction of sp³-hybridized carbons (Fsp3) is 0.875. The third kappa shape index (κ3) is 4.50. The van der Waals surface area contributed by atoms with Crippen molar-refractivity contribution in [2.45, 2.75) is 33.7 Å². The van der Waals surface area contributed by atoms with E-state index in [0.717, 1.165) is 12.8 Å². The number of aldehydes is 1. The van der Waals surface area contributed by atoms with Gasteiger partial charge >= 0.3 is 0 Å². The van der Waals surface area contributed by atoms with Crippen molar-refractivity contribution in [1.29, 1.82) is 0 Å². The Labute approximate surface area is 63.0 Å². The molecule has 0 saturated carbocycles. The number of carbonyl (C=O) groups excluding carboxylic acids is 1. The SMILES string of the molecule is CC(C)NCC(C)(C)C=O. The lowest BCUT2D eigenvalue weighted by Gasteiger charge is -2.18. The van der Waals surface area contributed by atoms with Crippen LogP contribution in [0.1, 0.15) is 27.7 Å². The molecule has 0 radical (unpaired) electrons. The molecule has 2 nitrogen and oxygen atoms in total. The van der Waals surface area contributed by atoms with E-state index in [4.69, 9.17) is 0 Å². The highest BCUT2D eigenvalue weighted by Gasteiger charge is 2.15. The van der Waals surface area contributed by atoms with Crippen molar-refractivity contribution in [1.82, 2.24) is 5.32 Å². The van der Waals surface area contributed by atoms with Crippen LogP contribution in [-0.2, 0) is 4.79 Å². The highest BCUT2D eigenvalue weighted by Crippen LogP contribution is 2.08. The van der Waals surface area contributed by atoms with Crippen molar-refractivity contribution in [3.05, 3.63) is 0 Å². The van der Waals surface area contributed by atoms with E-state index in [-0.39, 0.29) is 5.41 Å². The van der Waals surface area contributed by atoms with Crippen LogP contribution in [-0.4, -0.2) is 18.9 Å². The molecule has 1 N–H and O–H groups in total. The van der Waals surface area contributed by atoms with Crippen molar-refractivity contribution in [3.63, 3.8) is 0 Å². The summed E-state index contributed by atoms with van der Waals surface area (Å²) in [4.78, 5) is 10.4. The Bertz CT molecular complexity index is 108. The minimum atomic E-state index is -0.218. The number of hydrogen-bond acceptors (Lipinski definition) is 2. The van der Waals surface area contributed by atoms with Gasteiger partial charge in [-0.25, -0.2) is 0 Å². The topological polar surface area (TPSA) is 29.1 Å². The quantitative estimate of drug-likeness (QED) is 0.599. The molecule has 0 heterocycles. The average Bonchev–Trinajstić information content (AvgIpc) is 1.85. The number of nitrogens with one attached hydrogen (secondary N) is 1. The van der Waals surface area contributed by atoms with E-state index in [2.05, 4.69) is 19.2 Å². The van der Waals surface area contributed by atoms with Crippen LogP contribution < -0.4 is 5.32 Å². The molecular formula is C8H17NO. The van der Waals surface area contributed by atoms with Crippen LogP contribution in [0.15, 0.2) is 0 Å². The zero-order valence-corrected chi connectivity index (χ0v) is 7.27. The van der Waals surface area contributed by atoms with Crippen molar-refractivity contribution in [2.24, 2.45) is 5.41 Å². The zero-order valence-electron chi connectivity index (χ0n) is 7.27. The maximum atomic E-state index is 10.4. The van der Waals surface area contributed by atoms with Gasteiger partial charge in [-0.15, -0.1) is 0 Å². The second-order valence-electron chi connectivity index (χ2n) is 3.64. The first-order chi connectivity index (χ1) is 4.48. The van der Waals surface area contributed by atoms with Gasteiger partial charge in [-0.2, -0.15) is 0 Å². The molecular weight excluding hydrogens is 126 g/mol. The summed E-state index contributed by atoms with van der Waals surface area (Å²) in [6.45, 7) is 8.75. The summed E-state index contributed by atoms with van der Waals surface area (Å²) >= 11 is 0. The van der Waals surface area contributed by atoms with Crippen molar-refractivity contribution >= 4 is 6.29 Å². The predicted molar refractivity (Wildman–Crippen MR) is 43.0 cm³/mol. The van der Waals surface area contributed by atoms with Crippen LogP contribution in [0, 0.1) is 5.41 Å². The van der Waals surface area contributed by atoms with E-state index < -0.39 is 0 Å². The largest absolute Gasteiger partial charge is 0.314 e. The van der Waals surface area contributed by atoms with Crippen LogP contribution in [0.5, 0.6) is 0 Å². The first-order valence-electron chi connectivity index (χ1n) is 3.67. The van der Waals surface area contributed by atoms with Gasteiger partial charge in [-0.3, -0.25) is 0 Å². The van der Waals surface area contributed by atoms with E-state index in [1.165, 1.54) is 0 Å². The Hall–Kier alpha value is -0.370. The summed E-state index contributed by atoms with van der Waals surface area (Å²) in [6.07, 6.45) is 0.988. The molecule has 0 atom stereocenters. The lowest BCUT2D eigenvalue weighted by Crippen LogP contribution is -2.34. The molecule has 0 amide bonds. The summed E-state index contributed by atoms with van der Waals surface area (Å²) in [5.41, 5.74) is -0.218. The summed E-state index contributed by atoms with van der Waals surface area (Å²) < 4.78 is 0. The molecule has 2 heteroatoms. The van der Waals surface area contributed by atoms with Gasteiger partial charge in [-0.1, -0.05) is 27.7 Å². The maximum Gasteiger partial charge on any atom is 0.126 e. The van der Waals surface area contributed by atoms with E-state index in [1.807, 2.05) is 13.8 Å². The summed E-state index contributed by atoms with van der Waals surface area (Å²) in [6, 6.07) is 0.458. The first kappa shape index (κ1) is 9.63. The van der Waals surface area contributed by atoms with Crippen LogP contribution in [0.4, 0.5) is 0 Å².